The zero-order valence-electron chi connectivity index (χ0n) is 16.6. The first-order valence-electron chi connectivity index (χ1n) is 9.69. The molecule has 5 nitrogen and oxygen atoms in total. The van der Waals surface area contributed by atoms with E-state index in [1.165, 1.54) is 0 Å². The van der Waals surface area contributed by atoms with Gasteiger partial charge in [0, 0.05) is 33.1 Å². The lowest BCUT2D eigenvalue weighted by Gasteiger charge is -2.22. The summed E-state index contributed by atoms with van der Waals surface area (Å²) in [6.45, 7) is 9.62. The largest absolute Gasteiger partial charge is 0.381 e. The van der Waals surface area contributed by atoms with Gasteiger partial charge in [0.25, 0.3) is 5.56 Å². The van der Waals surface area contributed by atoms with E-state index in [1.807, 2.05) is 36.0 Å². The Balaban J connectivity index is 1.77. The summed E-state index contributed by atoms with van der Waals surface area (Å²) in [5, 5.41) is 1.23. The Morgan fingerprint density at radius 2 is 2.00 bits per heavy atom. The Bertz CT molecular complexity index is 813. The summed E-state index contributed by atoms with van der Waals surface area (Å²) in [7, 11) is -1.15. The van der Waals surface area contributed by atoms with Crippen molar-refractivity contribution >= 4 is 30.7 Å². The molecule has 0 bridgehead atoms. The molecule has 148 valence electrons. The van der Waals surface area contributed by atoms with Gasteiger partial charge < -0.3 is 9.47 Å². The summed E-state index contributed by atoms with van der Waals surface area (Å²) in [6.07, 6.45) is 2.13. The molecule has 7 heteroatoms. The van der Waals surface area contributed by atoms with Crippen molar-refractivity contribution in [2.45, 2.75) is 56.3 Å². The van der Waals surface area contributed by atoms with Crippen molar-refractivity contribution in [1.29, 1.82) is 0 Å². The molecule has 0 N–H and O–H groups in total. The fourth-order valence-electron chi connectivity index (χ4n) is 3.03. The van der Waals surface area contributed by atoms with E-state index in [0.717, 1.165) is 49.2 Å². The van der Waals surface area contributed by atoms with E-state index in [1.54, 1.807) is 4.57 Å². The number of benzene rings is 1. The Kier molecular flexibility index (Phi) is 7.14. The number of thioether (sulfide) groups is 1. The van der Waals surface area contributed by atoms with Gasteiger partial charge >= 0.3 is 0 Å². The van der Waals surface area contributed by atoms with Gasteiger partial charge in [0.15, 0.2) is 0 Å². The van der Waals surface area contributed by atoms with E-state index in [4.69, 9.17) is 14.5 Å². The predicted molar refractivity (Wildman–Crippen MR) is 115 cm³/mol. The normalized spacial score (nSPS) is 16.1. The van der Waals surface area contributed by atoms with Gasteiger partial charge in [-0.15, -0.1) is 0 Å². The van der Waals surface area contributed by atoms with Crippen molar-refractivity contribution in [3.63, 3.8) is 0 Å². The first-order valence-corrected chi connectivity index (χ1v) is 14.5. The third-order valence-electron chi connectivity index (χ3n) is 4.77. The van der Waals surface area contributed by atoms with Gasteiger partial charge in [0.05, 0.1) is 16.7 Å². The van der Waals surface area contributed by atoms with E-state index in [-0.39, 0.29) is 12.3 Å². The number of para-hydroxylation sites is 1. The maximum atomic E-state index is 13.0. The molecule has 0 saturated carbocycles. The molecule has 1 fully saturated rings. The molecule has 1 aliphatic rings. The molecule has 1 aromatic heterocycles. The minimum absolute atomic E-state index is 0.00354. The molecule has 27 heavy (non-hydrogen) atoms. The molecule has 2 heterocycles. The number of fused-ring (bicyclic) bond motifs is 1. The smallest absolute Gasteiger partial charge is 0.263 e. The lowest BCUT2D eigenvalue weighted by Crippen LogP contribution is -2.28. The maximum Gasteiger partial charge on any atom is 0.263 e. The minimum Gasteiger partial charge on any atom is -0.381 e. The van der Waals surface area contributed by atoms with Crippen molar-refractivity contribution in [3.8, 4) is 0 Å². The minimum atomic E-state index is -1.15. The van der Waals surface area contributed by atoms with Crippen LogP contribution in [0.5, 0.6) is 0 Å². The third-order valence-corrected chi connectivity index (χ3v) is 7.85. The van der Waals surface area contributed by atoms with Crippen molar-refractivity contribution in [1.82, 2.24) is 9.55 Å². The maximum absolute atomic E-state index is 13.0. The van der Waals surface area contributed by atoms with Crippen LogP contribution in [0.2, 0.25) is 25.7 Å². The van der Waals surface area contributed by atoms with Crippen molar-refractivity contribution in [2.24, 2.45) is 0 Å². The van der Waals surface area contributed by atoms with E-state index >= 15 is 0 Å². The fraction of sp³-hybridized carbons (Fsp3) is 0.600. The van der Waals surface area contributed by atoms with Crippen molar-refractivity contribution < 1.29 is 9.47 Å². The average molecular weight is 407 g/mol. The first-order chi connectivity index (χ1) is 12.9. The molecule has 3 rings (SSSR count). The molecule has 1 aromatic carbocycles. The first kappa shape index (κ1) is 20.6. The number of aromatic nitrogens is 2. The lowest BCUT2D eigenvalue weighted by molar-refractivity contribution is 0.0827. The van der Waals surface area contributed by atoms with Gasteiger partial charge in [-0.1, -0.05) is 31.8 Å². The summed E-state index contributed by atoms with van der Waals surface area (Å²) >= 11 is 1.87. The van der Waals surface area contributed by atoms with E-state index in [9.17, 15) is 4.79 Å². The van der Waals surface area contributed by atoms with Crippen LogP contribution in [0, 0.1) is 0 Å². The summed E-state index contributed by atoms with van der Waals surface area (Å²) in [6, 6.07) is 8.67. The fourth-order valence-corrected chi connectivity index (χ4v) is 4.91. The number of ether oxygens (including phenoxy) is 2. The second-order valence-corrected chi connectivity index (χ2v) is 15.2. The van der Waals surface area contributed by atoms with Gasteiger partial charge in [0.2, 0.25) is 0 Å². The van der Waals surface area contributed by atoms with Gasteiger partial charge in [0.1, 0.15) is 12.6 Å². The molecule has 0 atom stereocenters. The molecule has 0 unspecified atom stereocenters. The Morgan fingerprint density at radius 3 is 2.74 bits per heavy atom. The van der Waals surface area contributed by atoms with Crippen LogP contribution in [-0.2, 0) is 22.0 Å². The van der Waals surface area contributed by atoms with E-state index < -0.39 is 8.07 Å². The molecular formula is C20H30N2O3SSi. The Morgan fingerprint density at radius 1 is 1.26 bits per heavy atom. The molecule has 0 aliphatic carbocycles. The van der Waals surface area contributed by atoms with Crippen molar-refractivity contribution in [2.75, 3.05) is 19.8 Å². The zero-order chi connectivity index (χ0) is 19.3. The Labute approximate surface area is 166 Å². The highest BCUT2D eigenvalue weighted by atomic mass is 32.2. The monoisotopic (exact) mass is 406 g/mol. The van der Waals surface area contributed by atoms with Crippen LogP contribution in [-0.4, -0.2) is 42.7 Å². The highest BCUT2D eigenvalue weighted by molar-refractivity contribution is 7.99. The quantitative estimate of drug-likeness (QED) is 0.487. The second-order valence-electron chi connectivity index (χ2n) is 8.25. The third kappa shape index (κ3) is 5.91. The van der Waals surface area contributed by atoms with E-state index in [0.29, 0.717) is 17.2 Å². The second kappa shape index (κ2) is 9.36. The number of hydrogen-bond donors (Lipinski definition) is 0. The topological polar surface area (TPSA) is 53.4 Å². The SMILES string of the molecule is C[Si](C)(C)CCOCn1c(CSC2CCOCC2)nc2ccccc2c1=O. The van der Waals surface area contributed by atoms with Gasteiger partial charge in [-0.05, 0) is 31.0 Å². The van der Waals surface area contributed by atoms with Gasteiger partial charge in [-0.2, -0.15) is 11.8 Å². The number of nitrogens with zero attached hydrogens (tertiary/aromatic N) is 2. The van der Waals surface area contributed by atoms with Crippen LogP contribution in [0.15, 0.2) is 29.1 Å². The van der Waals surface area contributed by atoms with E-state index in [2.05, 4.69) is 19.6 Å². The molecule has 0 amide bonds. The number of rotatable bonds is 8. The van der Waals surface area contributed by atoms with Crippen LogP contribution in [0.25, 0.3) is 10.9 Å². The standard InChI is InChI=1S/C20H30N2O3SSi/c1-27(2,3)13-12-25-15-22-19(14-26-16-8-10-24-11-9-16)21-18-7-5-4-6-17(18)20(22)23/h4-7,16H,8-15H2,1-3H3. The Hall–Kier alpha value is -1.15. The van der Waals surface area contributed by atoms with Crippen LogP contribution in [0.4, 0.5) is 0 Å². The lowest BCUT2D eigenvalue weighted by atomic mass is 10.2. The highest BCUT2D eigenvalue weighted by Gasteiger charge is 2.18. The van der Waals surface area contributed by atoms with Crippen LogP contribution in [0.3, 0.4) is 0 Å². The zero-order valence-corrected chi connectivity index (χ0v) is 18.4. The molecule has 1 aliphatic heterocycles. The number of hydrogen-bond acceptors (Lipinski definition) is 5. The van der Waals surface area contributed by atoms with Gasteiger partial charge in [-0.3, -0.25) is 9.36 Å². The average Bonchev–Trinajstić information content (AvgIpc) is 2.65. The van der Waals surface area contributed by atoms with Crippen LogP contribution in [0.1, 0.15) is 18.7 Å². The molecule has 0 radical (unpaired) electrons. The summed E-state index contributed by atoms with van der Waals surface area (Å²) < 4.78 is 13.1. The molecular weight excluding hydrogens is 376 g/mol. The van der Waals surface area contributed by atoms with Gasteiger partial charge in [-0.25, -0.2) is 4.98 Å². The van der Waals surface area contributed by atoms with Crippen LogP contribution < -0.4 is 5.56 Å². The molecule has 0 spiro atoms. The predicted octanol–water partition coefficient (Wildman–Crippen LogP) is 4.12. The van der Waals surface area contributed by atoms with Crippen molar-refractivity contribution in [3.05, 3.63) is 40.4 Å². The summed E-state index contributed by atoms with van der Waals surface area (Å²) in [4.78, 5) is 17.8. The van der Waals surface area contributed by atoms with Crippen LogP contribution >= 0.6 is 11.8 Å². The summed E-state index contributed by atoms with van der Waals surface area (Å²) in [5.74, 6) is 1.53. The molecule has 1 saturated heterocycles. The summed E-state index contributed by atoms with van der Waals surface area (Å²) in [5.41, 5.74) is 0.764. The highest BCUT2D eigenvalue weighted by Crippen LogP contribution is 2.25. The molecule has 2 aromatic rings.